The zero-order chi connectivity index (χ0) is 17.9. The minimum absolute atomic E-state index is 0.141. The van der Waals surface area contributed by atoms with Crippen LogP contribution < -0.4 is 4.90 Å². The van der Waals surface area contributed by atoms with Gasteiger partial charge in [0.2, 0.25) is 6.54 Å². The summed E-state index contributed by atoms with van der Waals surface area (Å²) in [6.45, 7) is 6.61. The second-order valence-corrected chi connectivity index (χ2v) is 6.77. The standard InChI is InChI=1S/C16H23N3O5/c1-16(2,11-19(21)22)14-10-12(4-5-13(14)15(20)24-23)18-8-6-17(3)7-9-18/h4-5,10,23H,6-9,11H2,1-3H3. The van der Waals surface area contributed by atoms with E-state index < -0.39 is 16.3 Å². The summed E-state index contributed by atoms with van der Waals surface area (Å²) in [5, 5.41) is 19.7. The predicted octanol–water partition coefficient (Wildman–Crippen LogP) is 1.62. The molecule has 0 bridgehead atoms. The summed E-state index contributed by atoms with van der Waals surface area (Å²) in [6, 6.07) is 5.13. The molecule has 24 heavy (non-hydrogen) atoms. The van der Waals surface area contributed by atoms with Gasteiger partial charge in [-0.1, -0.05) is 0 Å². The van der Waals surface area contributed by atoms with E-state index in [2.05, 4.69) is 21.7 Å². The molecule has 0 amide bonds. The number of piperazine rings is 1. The van der Waals surface area contributed by atoms with Gasteiger partial charge in [0, 0.05) is 36.8 Å². The number of benzene rings is 1. The lowest BCUT2D eigenvalue weighted by Crippen LogP contribution is -2.44. The fourth-order valence-corrected chi connectivity index (χ4v) is 2.99. The highest BCUT2D eigenvalue weighted by Crippen LogP contribution is 2.31. The minimum atomic E-state index is -0.911. The summed E-state index contributed by atoms with van der Waals surface area (Å²) in [5.41, 5.74) is 0.663. The van der Waals surface area contributed by atoms with Crippen molar-refractivity contribution in [1.29, 1.82) is 0 Å². The summed E-state index contributed by atoms with van der Waals surface area (Å²) < 4.78 is 0. The van der Waals surface area contributed by atoms with Crippen LogP contribution in [0.5, 0.6) is 0 Å². The molecule has 1 aliphatic rings. The van der Waals surface area contributed by atoms with E-state index >= 15 is 0 Å². The lowest BCUT2D eigenvalue weighted by atomic mass is 9.81. The maximum Gasteiger partial charge on any atom is 0.373 e. The van der Waals surface area contributed by atoms with E-state index in [1.807, 2.05) is 0 Å². The highest BCUT2D eigenvalue weighted by molar-refractivity contribution is 5.91. The van der Waals surface area contributed by atoms with Gasteiger partial charge in [0.1, 0.15) is 0 Å². The van der Waals surface area contributed by atoms with Crippen LogP contribution in [0.1, 0.15) is 29.8 Å². The van der Waals surface area contributed by atoms with Crippen molar-refractivity contribution in [2.24, 2.45) is 0 Å². The zero-order valence-electron chi connectivity index (χ0n) is 14.2. The molecule has 0 radical (unpaired) electrons. The SMILES string of the molecule is CN1CCN(c2ccc(C(=O)OO)c(C(C)(C)C[N+](=O)[O-])c2)CC1. The first-order valence-electron chi connectivity index (χ1n) is 7.80. The molecular weight excluding hydrogens is 314 g/mol. The fourth-order valence-electron chi connectivity index (χ4n) is 2.99. The molecule has 0 spiro atoms. The topological polar surface area (TPSA) is 96.2 Å². The van der Waals surface area contributed by atoms with Gasteiger partial charge in [-0.05, 0) is 44.7 Å². The zero-order valence-corrected chi connectivity index (χ0v) is 14.2. The molecule has 0 aliphatic carbocycles. The first kappa shape index (κ1) is 18.2. The van der Waals surface area contributed by atoms with Crippen molar-refractivity contribution in [2.45, 2.75) is 19.3 Å². The predicted molar refractivity (Wildman–Crippen MR) is 89.1 cm³/mol. The van der Waals surface area contributed by atoms with Crippen LogP contribution in [-0.2, 0) is 10.3 Å². The summed E-state index contributed by atoms with van der Waals surface area (Å²) in [6.07, 6.45) is 0. The molecule has 8 heteroatoms. The number of likely N-dealkylation sites (N-methyl/N-ethyl adjacent to an activating group) is 1. The Kier molecular flexibility index (Phi) is 5.40. The van der Waals surface area contributed by atoms with Gasteiger partial charge in [-0.25, -0.2) is 4.79 Å². The Labute approximate surface area is 140 Å². The van der Waals surface area contributed by atoms with Gasteiger partial charge >= 0.3 is 5.97 Å². The average molecular weight is 337 g/mol. The Morgan fingerprint density at radius 2 is 1.96 bits per heavy atom. The van der Waals surface area contributed by atoms with Crippen molar-refractivity contribution in [3.05, 3.63) is 39.4 Å². The van der Waals surface area contributed by atoms with Gasteiger partial charge in [-0.2, -0.15) is 5.26 Å². The third-order valence-electron chi connectivity index (χ3n) is 4.43. The molecule has 1 saturated heterocycles. The lowest BCUT2D eigenvalue weighted by molar-refractivity contribution is -0.489. The van der Waals surface area contributed by atoms with Crippen LogP contribution in [0.4, 0.5) is 5.69 Å². The van der Waals surface area contributed by atoms with Gasteiger partial charge in [0.15, 0.2) is 0 Å². The van der Waals surface area contributed by atoms with Crippen LogP contribution in [0.2, 0.25) is 0 Å². The number of nitro groups is 1. The van der Waals surface area contributed by atoms with E-state index in [0.717, 1.165) is 31.9 Å². The molecule has 0 saturated carbocycles. The van der Waals surface area contributed by atoms with Crippen molar-refractivity contribution in [1.82, 2.24) is 4.90 Å². The monoisotopic (exact) mass is 337 g/mol. The van der Waals surface area contributed by atoms with Crippen LogP contribution in [0.3, 0.4) is 0 Å². The van der Waals surface area contributed by atoms with E-state index in [1.54, 1.807) is 32.0 Å². The molecule has 1 N–H and O–H groups in total. The second kappa shape index (κ2) is 7.14. The Hall–Kier alpha value is -2.19. The van der Waals surface area contributed by atoms with Crippen molar-refractivity contribution in [2.75, 3.05) is 44.7 Å². The van der Waals surface area contributed by atoms with Gasteiger partial charge in [0.05, 0.1) is 11.0 Å². The average Bonchev–Trinajstić information content (AvgIpc) is 2.53. The van der Waals surface area contributed by atoms with E-state index in [1.165, 1.54) is 0 Å². The first-order valence-corrected chi connectivity index (χ1v) is 7.80. The Bertz CT molecular complexity index is 624. The molecule has 1 aliphatic heterocycles. The number of carbonyl (C=O) groups is 1. The van der Waals surface area contributed by atoms with E-state index in [9.17, 15) is 14.9 Å². The largest absolute Gasteiger partial charge is 0.373 e. The fraction of sp³-hybridized carbons (Fsp3) is 0.562. The molecule has 8 nitrogen and oxygen atoms in total. The van der Waals surface area contributed by atoms with Crippen LogP contribution in [0, 0.1) is 10.1 Å². The highest BCUT2D eigenvalue weighted by Gasteiger charge is 2.32. The Balaban J connectivity index is 2.42. The molecule has 0 unspecified atom stereocenters. The summed E-state index contributed by atoms with van der Waals surface area (Å²) in [4.78, 5) is 30.7. The van der Waals surface area contributed by atoms with Gasteiger partial charge in [0.25, 0.3) is 0 Å². The number of hydrogen-bond donors (Lipinski definition) is 1. The number of hydrogen-bond acceptors (Lipinski definition) is 7. The summed E-state index contributed by atoms with van der Waals surface area (Å²) in [7, 11) is 2.06. The second-order valence-electron chi connectivity index (χ2n) is 6.77. The first-order chi connectivity index (χ1) is 11.2. The molecule has 1 heterocycles. The molecule has 132 valence electrons. The molecule has 0 atom stereocenters. The number of rotatable bonds is 5. The maximum atomic E-state index is 11.8. The Morgan fingerprint density at radius 3 is 2.50 bits per heavy atom. The third-order valence-corrected chi connectivity index (χ3v) is 4.43. The van der Waals surface area contributed by atoms with Crippen molar-refractivity contribution < 1.29 is 19.9 Å². The quantitative estimate of drug-likeness (QED) is 0.495. The minimum Gasteiger partial charge on any atom is -0.369 e. The maximum absolute atomic E-state index is 11.8. The third kappa shape index (κ3) is 4.01. The molecule has 1 fully saturated rings. The molecule has 1 aromatic rings. The van der Waals surface area contributed by atoms with Gasteiger partial charge < -0.3 is 9.80 Å². The van der Waals surface area contributed by atoms with Crippen molar-refractivity contribution in [3.63, 3.8) is 0 Å². The highest BCUT2D eigenvalue weighted by atomic mass is 17.1. The van der Waals surface area contributed by atoms with Crippen molar-refractivity contribution >= 4 is 11.7 Å². The lowest BCUT2D eigenvalue weighted by Gasteiger charge is -2.35. The number of nitrogens with zero attached hydrogens (tertiary/aromatic N) is 3. The van der Waals surface area contributed by atoms with Gasteiger partial charge in [-0.3, -0.25) is 15.0 Å². The van der Waals surface area contributed by atoms with Crippen LogP contribution in [0.25, 0.3) is 0 Å². The van der Waals surface area contributed by atoms with E-state index in [4.69, 9.17) is 5.26 Å². The van der Waals surface area contributed by atoms with E-state index in [-0.39, 0.29) is 12.1 Å². The smallest absolute Gasteiger partial charge is 0.369 e. The van der Waals surface area contributed by atoms with Crippen LogP contribution >= 0.6 is 0 Å². The number of anilines is 1. The van der Waals surface area contributed by atoms with Crippen LogP contribution in [-0.4, -0.2) is 60.8 Å². The summed E-state index contributed by atoms with van der Waals surface area (Å²) >= 11 is 0. The van der Waals surface area contributed by atoms with Crippen LogP contribution in [0.15, 0.2) is 18.2 Å². The van der Waals surface area contributed by atoms with E-state index in [0.29, 0.717) is 5.56 Å². The van der Waals surface area contributed by atoms with Gasteiger partial charge in [-0.15, -0.1) is 0 Å². The summed E-state index contributed by atoms with van der Waals surface area (Å²) in [5.74, 6) is -0.911. The Morgan fingerprint density at radius 1 is 1.33 bits per heavy atom. The van der Waals surface area contributed by atoms with Crippen molar-refractivity contribution in [3.8, 4) is 0 Å². The molecular formula is C16H23N3O5. The normalized spacial score (nSPS) is 16.1. The molecule has 1 aromatic carbocycles. The molecule has 2 rings (SSSR count). The number of carbonyl (C=O) groups excluding carboxylic acids is 1. The molecule has 0 aromatic heterocycles.